The van der Waals surface area contributed by atoms with Crippen LogP contribution in [-0.4, -0.2) is 33.2 Å². The number of phenolic OH excluding ortho intramolecular Hbond substituents is 1. The van der Waals surface area contributed by atoms with Crippen molar-refractivity contribution < 1.29 is 19.4 Å². The minimum Gasteiger partial charge on any atom is -0.503 e. The first-order valence-electron chi connectivity index (χ1n) is 7.66. The summed E-state index contributed by atoms with van der Waals surface area (Å²) in [7, 11) is -4.21. The van der Waals surface area contributed by atoms with Crippen LogP contribution in [0, 0.1) is 0 Å². The van der Waals surface area contributed by atoms with Gasteiger partial charge in [0.05, 0.1) is 39.6 Å². The van der Waals surface area contributed by atoms with Crippen molar-refractivity contribution in [2.45, 2.75) is 44.8 Å². The maximum Gasteiger partial charge on any atom is 0.316 e. The molecule has 10 heteroatoms. The van der Waals surface area contributed by atoms with E-state index in [1.165, 1.54) is 0 Å². The van der Waals surface area contributed by atoms with Crippen molar-refractivity contribution in [1.29, 1.82) is 0 Å². The first-order valence-corrected chi connectivity index (χ1v) is 17.9. The molecule has 0 amide bonds. The van der Waals surface area contributed by atoms with E-state index in [1.54, 1.807) is 0 Å². The van der Waals surface area contributed by atoms with Crippen LogP contribution >= 0.6 is 63.7 Å². The first-order chi connectivity index (χ1) is 11.6. The molecule has 1 unspecified atom stereocenters. The molecule has 0 bridgehead atoms. The molecule has 26 heavy (non-hydrogen) atoms. The fourth-order valence-electron chi connectivity index (χ4n) is 2.40. The van der Waals surface area contributed by atoms with E-state index in [2.05, 4.69) is 63.7 Å². The number of aromatic hydroxyl groups is 1. The molecule has 0 aliphatic carbocycles. The molecular formula is C16H20Br4O4Si2. The van der Waals surface area contributed by atoms with Gasteiger partial charge in [-0.1, -0.05) is 39.3 Å². The summed E-state index contributed by atoms with van der Waals surface area (Å²) in [4.78, 5) is 24.8. The quantitative estimate of drug-likeness (QED) is 0.0963. The van der Waals surface area contributed by atoms with E-state index in [0.29, 0.717) is 23.1 Å². The van der Waals surface area contributed by atoms with Crippen LogP contribution < -0.4 is 4.74 Å². The standard InChI is InChI=1S/C16H20Br4O4Si2/c1-25(2,3)8(7-21)15(26(4,5)6)16(23)24-14-12(20)10(18)9(17)11(19)13(14)22/h15,22H,1-6H3. The van der Waals surface area contributed by atoms with Gasteiger partial charge in [0.15, 0.2) is 11.5 Å². The summed E-state index contributed by atoms with van der Waals surface area (Å²) >= 11 is 13.3. The van der Waals surface area contributed by atoms with Gasteiger partial charge < -0.3 is 9.84 Å². The molecule has 1 aromatic carbocycles. The van der Waals surface area contributed by atoms with Crippen LogP contribution in [0.3, 0.4) is 0 Å². The lowest BCUT2D eigenvalue weighted by atomic mass is 10.3. The Morgan fingerprint density at radius 2 is 1.42 bits per heavy atom. The smallest absolute Gasteiger partial charge is 0.316 e. The number of halogens is 4. The number of benzene rings is 1. The average molecular weight is 652 g/mol. The van der Waals surface area contributed by atoms with Gasteiger partial charge in [-0.25, -0.2) is 4.79 Å². The Morgan fingerprint density at radius 3 is 1.81 bits per heavy atom. The van der Waals surface area contributed by atoms with Crippen molar-refractivity contribution in [3.63, 3.8) is 0 Å². The van der Waals surface area contributed by atoms with Crippen LogP contribution in [0.4, 0.5) is 0 Å². The average Bonchev–Trinajstić information content (AvgIpc) is 2.50. The molecule has 0 saturated heterocycles. The minimum absolute atomic E-state index is 0.000949. The van der Waals surface area contributed by atoms with E-state index in [4.69, 9.17) is 4.74 Å². The molecule has 1 rings (SSSR count). The number of rotatable bonds is 5. The van der Waals surface area contributed by atoms with Gasteiger partial charge in [0.1, 0.15) is 5.94 Å². The van der Waals surface area contributed by atoms with E-state index in [1.807, 2.05) is 45.2 Å². The molecule has 0 aromatic heterocycles. The Labute approximate surface area is 189 Å². The second-order valence-electron chi connectivity index (χ2n) is 7.92. The zero-order valence-corrected chi connectivity index (χ0v) is 23.6. The van der Waals surface area contributed by atoms with Crippen LogP contribution in [0.1, 0.15) is 0 Å². The second kappa shape index (κ2) is 8.75. The Balaban J connectivity index is 3.49. The van der Waals surface area contributed by atoms with Crippen LogP contribution in [0.15, 0.2) is 23.1 Å². The van der Waals surface area contributed by atoms with E-state index < -0.39 is 27.7 Å². The van der Waals surface area contributed by atoms with Gasteiger partial charge in [0.25, 0.3) is 0 Å². The van der Waals surface area contributed by atoms with E-state index in [9.17, 15) is 14.7 Å². The zero-order chi connectivity index (χ0) is 20.6. The molecule has 144 valence electrons. The lowest BCUT2D eigenvalue weighted by Gasteiger charge is -2.32. The number of hydrogen-bond acceptors (Lipinski definition) is 4. The molecule has 0 saturated carbocycles. The number of hydrogen-bond donors (Lipinski definition) is 1. The fourth-order valence-corrected chi connectivity index (χ4v) is 10.1. The summed E-state index contributed by atoms with van der Waals surface area (Å²) in [5.74, 6) is 1.29. The molecule has 0 aliphatic rings. The first kappa shape index (κ1) is 24.3. The predicted molar refractivity (Wildman–Crippen MR) is 124 cm³/mol. The molecule has 1 N–H and O–H groups in total. The van der Waals surface area contributed by atoms with Gasteiger partial charge in [-0.2, -0.15) is 0 Å². The molecule has 0 spiro atoms. The van der Waals surface area contributed by atoms with Gasteiger partial charge in [-0.05, 0) is 63.7 Å². The highest BCUT2D eigenvalue weighted by atomic mass is 79.9. The van der Waals surface area contributed by atoms with Crippen molar-refractivity contribution in [1.82, 2.24) is 0 Å². The summed E-state index contributed by atoms with van der Waals surface area (Å²) in [6, 6.07) is 0. The van der Waals surface area contributed by atoms with E-state index >= 15 is 0 Å². The van der Waals surface area contributed by atoms with Crippen LogP contribution in [0.5, 0.6) is 11.5 Å². The molecule has 0 aliphatic heterocycles. The minimum atomic E-state index is -2.14. The summed E-state index contributed by atoms with van der Waals surface area (Å²) in [6.45, 7) is 12.1. The molecule has 0 fully saturated rings. The number of esters is 1. The van der Waals surface area contributed by atoms with E-state index in [0.717, 1.165) is 0 Å². The molecule has 0 radical (unpaired) electrons. The third-order valence-corrected chi connectivity index (χ3v) is 13.0. The van der Waals surface area contributed by atoms with Crippen molar-refractivity contribution in [3.05, 3.63) is 23.1 Å². The second-order valence-corrected chi connectivity index (χ2v) is 21.4. The molecule has 1 aromatic rings. The van der Waals surface area contributed by atoms with Crippen LogP contribution in [-0.2, 0) is 9.59 Å². The summed E-state index contributed by atoms with van der Waals surface area (Å²) in [6.07, 6.45) is 0. The largest absolute Gasteiger partial charge is 0.503 e. The highest BCUT2D eigenvalue weighted by molar-refractivity contribution is 9.15. The van der Waals surface area contributed by atoms with Crippen LogP contribution in [0.25, 0.3) is 0 Å². The highest BCUT2D eigenvalue weighted by Gasteiger charge is 2.43. The normalized spacial score (nSPS) is 13.2. The maximum absolute atomic E-state index is 13.1. The van der Waals surface area contributed by atoms with Gasteiger partial charge in [0, 0.05) is 5.20 Å². The number of carbonyl (C=O) groups excluding carboxylic acids is 2. The van der Waals surface area contributed by atoms with Crippen molar-refractivity contribution >= 4 is 91.8 Å². The molecule has 1 atom stereocenters. The monoisotopic (exact) mass is 648 g/mol. The summed E-state index contributed by atoms with van der Waals surface area (Å²) < 4.78 is 7.53. The van der Waals surface area contributed by atoms with Gasteiger partial charge >= 0.3 is 5.97 Å². The van der Waals surface area contributed by atoms with Gasteiger partial charge in [-0.3, -0.25) is 4.79 Å². The molecule has 4 nitrogen and oxygen atoms in total. The molecular weight excluding hydrogens is 632 g/mol. The third kappa shape index (κ3) is 5.21. The van der Waals surface area contributed by atoms with Crippen molar-refractivity contribution in [2.75, 3.05) is 0 Å². The van der Waals surface area contributed by atoms with Crippen molar-refractivity contribution in [3.8, 4) is 11.5 Å². The number of phenols is 1. The summed E-state index contributed by atoms with van der Waals surface area (Å²) in [5, 5.41) is 10.9. The molecule has 0 heterocycles. The summed E-state index contributed by atoms with van der Waals surface area (Å²) in [5.41, 5.74) is -0.626. The third-order valence-electron chi connectivity index (χ3n) is 3.71. The Hall–Kier alpha value is 0.294. The number of ether oxygens (including phenoxy) is 1. The fraction of sp³-hybridized carbons (Fsp3) is 0.438. The van der Waals surface area contributed by atoms with Gasteiger partial charge in [0.2, 0.25) is 0 Å². The van der Waals surface area contributed by atoms with Crippen molar-refractivity contribution in [2.24, 2.45) is 0 Å². The topological polar surface area (TPSA) is 63.6 Å². The Kier molecular flexibility index (Phi) is 8.19. The Bertz CT molecular complexity index is 762. The predicted octanol–water partition coefficient (Wildman–Crippen LogP) is 6.69. The lowest BCUT2D eigenvalue weighted by molar-refractivity contribution is -0.133. The van der Waals surface area contributed by atoms with E-state index in [-0.39, 0.29) is 11.5 Å². The van der Waals surface area contributed by atoms with Crippen LogP contribution in [0.2, 0.25) is 44.8 Å². The SMILES string of the molecule is C[Si](C)(C)C(=C=O)C(C(=O)Oc1c(O)c(Br)c(Br)c(Br)c1Br)[Si](C)(C)C. The maximum atomic E-state index is 13.1. The van der Waals surface area contributed by atoms with Gasteiger partial charge in [-0.15, -0.1) is 0 Å². The lowest BCUT2D eigenvalue weighted by Crippen LogP contribution is -2.43. The highest BCUT2D eigenvalue weighted by Crippen LogP contribution is 2.50. The zero-order valence-electron chi connectivity index (χ0n) is 15.3. The number of carbonyl (C=O) groups is 1. The Morgan fingerprint density at radius 1 is 0.962 bits per heavy atom.